The molecule has 1 heterocycles. The summed E-state index contributed by atoms with van der Waals surface area (Å²) in [6, 6.07) is 1.30. The molecule has 1 aromatic carbocycles. The minimum Gasteiger partial charge on any atom is -0.388 e. The maximum atomic E-state index is 14.1. The lowest BCUT2D eigenvalue weighted by Crippen LogP contribution is -2.60. The number of halogens is 2. The van der Waals surface area contributed by atoms with Crippen LogP contribution in [0.2, 0.25) is 0 Å². The van der Waals surface area contributed by atoms with Crippen LogP contribution in [0.25, 0.3) is 0 Å². The molecule has 0 fully saturated rings. The first-order valence-electron chi connectivity index (χ1n) is 15.5. The predicted octanol–water partition coefficient (Wildman–Crippen LogP) is 1.83. The van der Waals surface area contributed by atoms with Crippen molar-refractivity contribution in [2.24, 2.45) is 0 Å². The van der Waals surface area contributed by atoms with Crippen molar-refractivity contribution in [1.29, 1.82) is 0 Å². The zero-order chi connectivity index (χ0) is 35.1. The van der Waals surface area contributed by atoms with Crippen molar-refractivity contribution < 1.29 is 46.5 Å². The highest BCUT2D eigenvalue weighted by molar-refractivity contribution is 7.92. The van der Waals surface area contributed by atoms with Crippen molar-refractivity contribution in [2.45, 2.75) is 94.9 Å². The molecular formula is C32H46F2N4O8S. The van der Waals surface area contributed by atoms with E-state index in [0.29, 0.717) is 31.7 Å². The minimum absolute atomic E-state index is 0.00143. The Bertz CT molecular complexity index is 1390. The van der Waals surface area contributed by atoms with E-state index in [1.54, 1.807) is 0 Å². The van der Waals surface area contributed by atoms with Gasteiger partial charge in [0, 0.05) is 39.1 Å². The van der Waals surface area contributed by atoms with Gasteiger partial charge in [0.25, 0.3) is 5.91 Å². The van der Waals surface area contributed by atoms with Gasteiger partial charge in [0.2, 0.25) is 11.8 Å². The second-order valence-electron chi connectivity index (χ2n) is 11.5. The molecule has 0 bridgehead atoms. The monoisotopic (exact) mass is 684 g/mol. The quantitative estimate of drug-likeness (QED) is 0.139. The van der Waals surface area contributed by atoms with Crippen molar-refractivity contribution in [3.8, 4) is 0 Å². The lowest BCUT2D eigenvalue weighted by molar-refractivity contribution is -0.126. The van der Waals surface area contributed by atoms with Crippen LogP contribution in [0.15, 0.2) is 42.7 Å². The normalized spacial score (nSPS) is 14.9. The molecule has 12 nitrogen and oxygen atoms in total. The fourth-order valence-electron chi connectivity index (χ4n) is 5.27. The van der Waals surface area contributed by atoms with Crippen LogP contribution in [0.5, 0.6) is 0 Å². The first kappa shape index (κ1) is 39.6. The number of hydrogen-bond acceptors (Lipinski definition) is 9. The maximum Gasteiger partial charge on any atom is 0.253 e. The summed E-state index contributed by atoms with van der Waals surface area (Å²) >= 11 is 0. The molecule has 47 heavy (non-hydrogen) atoms. The Morgan fingerprint density at radius 1 is 0.936 bits per heavy atom. The van der Waals surface area contributed by atoms with Gasteiger partial charge in [-0.3, -0.25) is 19.4 Å². The number of sulfone groups is 1. The van der Waals surface area contributed by atoms with Gasteiger partial charge in [0.15, 0.2) is 9.84 Å². The highest BCUT2D eigenvalue weighted by atomic mass is 32.2. The van der Waals surface area contributed by atoms with Crippen molar-refractivity contribution >= 4 is 27.6 Å². The van der Waals surface area contributed by atoms with Crippen LogP contribution in [0.4, 0.5) is 8.78 Å². The van der Waals surface area contributed by atoms with Crippen LogP contribution < -0.4 is 16.0 Å². The first-order chi connectivity index (χ1) is 22.2. The molecule has 5 unspecified atom stereocenters. The van der Waals surface area contributed by atoms with E-state index in [2.05, 4.69) is 20.9 Å². The second-order valence-corrected chi connectivity index (χ2v) is 13.8. The number of hydrogen-bond donors (Lipinski definition) is 5. The Kier molecular flexibility index (Phi) is 16.3. The molecule has 1 aromatic heterocycles. The van der Waals surface area contributed by atoms with Gasteiger partial charge >= 0.3 is 0 Å². The summed E-state index contributed by atoms with van der Waals surface area (Å²) < 4.78 is 60.4. The first-order valence-corrected chi connectivity index (χ1v) is 17.2. The number of ether oxygens (including phenoxy) is 1. The molecule has 262 valence electrons. The number of aliphatic hydroxyl groups excluding tert-OH is 2. The third kappa shape index (κ3) is 12.9. The number of aromatic nitrogens is 1. The standard InChI is InChI=1S/C32H46F2N4O8S/c1-5-8-25(9-6-2)47(44,45)19-28(38-31(42)22-10-7-12-35-18-22)32(43)37-27(16-21-14-23(33)17-24(34)15-21)30(41)29(40)26(11-13-46-4)36-20(3)39/h7,10,12,14-15,17-18,25-30,40-41H,5-6,8-9,11,13,16,19H2,1-4H3,(H,36,39)(H,37,43)(H,38,42). The number of carbonyl (C=O) groups is 3. The number of aliphatic hydroxyl groups is 2. The molecule has 15 heteroatoms. The molecule has 0 aliphatic carbocycles. The number of rotatable bonds is 20. The third-order valence-corrected chi connectivity index (χ3v) is 9.86. The number of methoxy groups -OCH3 is 1. The van der Waals surface area contributed by atoms with Gasteiger partial charge < -0.3 is 30.9 Å². The summed E-state index contributed by atoms with van der Waals surface area (Å²) in [6.45, 7) is 4.95. The van der Waals surface area contributed by atoms with E-state index in [1.807, 2.05) is 13.8 Å². The topological polar surface area (TPSA) is 184 Å². The number of amides is 3. The largest absolute Gasteiger partial charge is 0.388 e. The fourth-order valence-corrected chi connectivity index (χ4v) is 7.43. The number of nitrogens with zero attached hydrogens (tertiary/aromatic N) is 1. The molecule has 5 N–H and O–H groups in total. The van der Waals surface area contributed by atoms with Crippen molar-refractivity contribution in [1.82, 2.24) is 20.9 Å². The Morgan fingerprint density at radius 3 is 2.09 bits per heavy atom. The average Bonchev–Trinajstić information content (AvgIpc) is 3.01. The van der Waals surface area contributed by atoms with E-state index in [-0.39, 0.29) is 24.2 Å². The molecule has 0 saturated carbocycles. The van der Waals surface area contributed by atoms with Crippen LogP contribution in [0.3, 0.4) is 0 Å². The van der Waals surface area contributed by atoms with Gasteiger partial charge in [0.1, 0.15) is 29.9 Å². The molecule has 3 amide bonds. The van der Waals surface area contributed by atoms with E-state index < -0.39 is 87.0 Å². The fraction of sp³-hybridized carbons (Fsp3) is 0.562. The van der Waals surface area contributed by atoms with Crippen molar-refractivity contribution in [3.05, 3.63) is 65.5 Å². The number of carbonyl (C=O) groups excluding carboxylic acids is 3. The average molecular weight is 685 g/mol. The lowest BCUT2D eigenvalue weighted by Gasteiger charge is -2.33. The van der Waals surface area contributed by atoms with Crippen LogP contribution >= 0.6 is 0 Å². The summed E-state index contributed by atoms with van der Waals surface area (Å²) in [6.07, 6.45) is 0.550. The molecule has 0 saturated heterocycles. The Balaban J connectivity index is 2.52. The molecule has 0 radical (unpaired) electrons. The van der Waals surface area contributed by atoms with Crippen LogP contribution in [0, 0.1) is 11.6 Å². The molecular weight excluding hydrogens is 638 g/mol. The summed E-state index contributed by atoms with van der Waals surface area (Å²) in [4.78, 5) is 42.7. The van der Waals surface area contributed by atoms with Gasteiger partial charge in [-0.05, 0) is 55.5 Å². The molecule has 0 aliphatic rings. The zero-order valence-electron chi connectivity index (χ0n) is 27.1. The number of nitrogens with one attached hydrogen (secondary N) is 3. The summed E-state index contributed by atoms with van der Waals surface area (Å²) in [5, 5.41) is 29.2. The van der Waals surface area contributed by atoms with Gasteiger partial charge in [-0.2, -0.15) is 0 Å². The third-order valence-electron chi connectivity index (χ3n) is 7.58. The van der Waals surface area contributed by atoms with E-state index in [4.69, 9.17) is 4.74 Å². The molecule has 2 rings (SSSR count). The SMILES string of the molecule is CCCC(CCC)S(=O)(=O)CC(NC(=O)c1cccnc1)C(=O)NC(Cc1cc(F)cc(F)c1)C(O)C(O)C(CCOC)NC(C)=O. The second kappa shape index (κ2) is 19.3. The van der Waals surface area contributed by atoms with Crippen molar-refractivity contribution in [3.63, 3.8) is 0 Å². The number of pyridine rings is 1. The smallest absolute Gasteiger partial charge is 0.253 e. The van der Waals surface area contributed by atoms with E-state index in [1.165, 1.54) is 38.6 Å². The molecule has 0 aliphatic heterocycles. The number of benzene rings is 1. The Morgan fingerprint density at radius 2 is 1.55 bits per heavy atom. The van der Waals surface area contributed by atoms with Crippen LogP contribution in [-0.4, -0.2) is 96.4 Å². The highest BCUT2D eigenvalue weighted by Gasteiger charge is 2.37. The minimum atomic E-state index is -3.96. The van der Waals surface area contributed by atoms with Gasteiger partial charge in [-0.1, -0.05) is 26.7 Å². The lowest BCUT2D eigenvalue weighted by atomic mass is 9.92. The highest BCUT2D eigenvalue weighted by Crippen LogP contribution is 2.19. The maximum absolute atomic E-state index is 14.1. The Hall–Kier alpha value is -3.53. The van der Waals surface area contributed by atoms with Crippen molar-refractivity contribution in [2.75, 3.05) is 19.5 Å². The predicted molar refractivity (Wildman–Crippen MR) is 171 cm³/mol. The molecule has 5 atom stereocenters. The van der Waals surface area contributed by atoms with Gasteiger partial charge in [-0.15, -0.1) is 0 Å². The van der Waals surface area contributed by atoms with Crippen LogP contribution in [-0.2, 0) is 30.6 Å². The zero-order valence-corrected chi connectivity index (χ0v) is 27.9. The van der Waals surface area contributed by atoms with Gasteiger partial charge in [-0.25, -0.2) is 17.2 Å². The Labute approximate surface area is 274 Å². The van der Waals surface area contributed by atoms with E-state index in [0.717, 1.165) is 12.1 Å². The molecule has 2 aromatic rings. The van der Waals surface area contributed by atoms with E-state index >= 15 is 0 Å². The summed E-state index contributed by atoms with van der Waals surface area (Å²) in [5.74, 6) is -4.98. The van der Waals surface area contributed by atoms with Gasteiger partial charge in [0.05, 0.1) is 28.6 Å². The van der Waals surface area contributed by atoms with Crippen LogP contribution in [0.1, 0.15) is 68.8 Å². The summed E-state index contributed by atoms with van der Waals surface area (Å²) in [5.41, 5.74) is 0.0569. The summed E-state index contributed by atoms with van der Waals surface area (Å²) in [7, 11) is -2.56. The van der Waals surface area contributed by atoms with E-state index in [9.17, 15) is 41.8 Å². The molecule has 0 spiro atoms.